The Kier molecular flexibility index (Phi) is 2.25. The Hall–Kier alpha value is -0.260. The molecular formula is C12H20. The summed E-state index contributed by atoms with van der Waals surface area (Å²) in [6, 6.07) is 0. The average Bonchev–Trinajstić information content (AvgIpc) is 2.66. The molecule has 2 rings (SSSR count). The van der Waals surface area contributed by atoms with Crippen LogP contribution in [0.2, 0.25) is 0 Å². The first-order valence-corrected chi connectivity index (χ1v) is 5.49. The maximum atomic E-state index is 2.55. The molecule has 0 amide bonds. The van der Waals surface area contributed by atoms with E-state index in [4.69, 9.17) is 0 Å². The molecule has 2 aliphatic carbocycles. The van der Waals surface area contributed by atoms with E-state index < -0.39 is 0 Å². The molecule has 12 heavy (non-hydrogen) atoms. The molecule has 2 aliphatic rings. The smallest absolute Gasteiger partial charge is 0.0257 e. The lowest BCUT2D eigenvalue weighted by Crippen LogP contribution is -1.90. The van der Waals surface area contributed by atoms with Crippen LogP contribution in [0.5, 0.6) is 0 Å². The second-order valence-electron chi connectivity index (χ2n) is 4.75. The van der Waals surface area contributed by atoms with Crippen LogP contribution in [0.4, 0.5) is 0 Å². The highest BCUT2D eigenvalue weighted by Gasteiger charge is 2.39. The lowest BCUT2D eigenvalue weighted by molar-refractivity contribution is 0.570. The van der Waals surface area contributed by atoms with E-state index in [2.05, 4.69) is 19.9 Å². The molecule has 3 unspecified atom stereocenters. The number of hydrogen-bond acceptors (Lipinski definition) is 0. The average molecular weight is 164 g/mol. The predicted molar refractivity (Wildman–Crippen MR) is 53.0 cm³/mol. The van der Waals surface area contributed by atoms with Crippen LogP contribution in [0, 0.1) is 17.8 Å². The minimum atomic E-state index is 0.865. The predicted octanol–water partition coefficient (Wildman–Crippen LogP) is 3.78. The highest BCUT2D eigenvalue weighted by molar-refractivity contribution is 5.12. The third-order valence-electron chi connectivity index (χ3n) is 3.36. The SMILES string of the molecule is CCCC1=CC(C)CC2CC2C1. The van der Waals surface area contributed by atoms with E-state index in [9.17, 15) is 0 Å². The van der Waals surface area contributed by atoms with E-state index in [1.165, 1.54) is 32.1 Å². The summed E-state index contributed by atoms with van der Waals surface area (Å²) >= 11 is 0. The van der Waals surface area contributed by atoms with Crippen molar-refractivity contribution in [1.29, 1.82) is 0 Å². The van der Waals surface area contributed by atoms with Crippen molar-refractivity contribution in [3.63, 3.8) is 0 Å². The minimum absolute atomic E-state index is 0.865. The fourth-order valence-electron chi connectivity index (χ4n) is 2.71. The van der Waals surface area contributed by atoms with Crippen LogP contribution in [0.25, 0.3) is 0 Å². The van der Waals surface area contributed by atoms with Gasteiger partial charge in [-0.25, -0.2) is 0 Å². The molecule has 0 heterocycles. The van der Waals surface area contributed by atoms with Crippen LogP contribution in [0.15, 0.2) is 11.6 Å². The van der Waals surface area contributed by atoms with Gasteiger partial charge in [0.15, 0.2) is 0 Å². The van der Waals surface area contributed by atoms with Gasteiger partial charge in [-0.3, -0.25) is 0 Å². The zero-order valence-corrected chi connectivity index (χ0v) is 8.34. The van der Waals surface area contributed by atoms with Gasteiger partial charge in [0.05, 0.1) is 0 Å². The third-order valence-corrected chi connectivity index (χ3v) is 3.36. The van der Waals surface area contributed by atoms with Gasteiger partial charge in [-0.15, -0.1) is 0 Å². The second kappa shape index (κ2) is 3.24. The number of allylic oxidation sites excluding steroid dienone is 2. The van der Waals surface area contributed by atoms with Crippen LogP contribution in [-0.2, 0) is 0 Å². The summed E-state index contributed by atoms with van der Waals surface area (Å²) in [5, 5.41) is 0. The molecule has 0 spiro atoms. The molecular weight excluding hydrogens is 144 g/mol. The summed E-state index contributed by atoms with van der Waals surface area (Å²) in [6.07, 6.45) is 9.67. The van der Waals surface area contributed by atoms with Crippen LogP contribution in [-0.4, -0.2) is 0 Å². The first-order chi connectivity index (χ1) is 5.79. The van der Waals surface area contributed by atoms with Crippen LogP contribution >= 0.6 is 0 Å². The fourth-order valence-corrected chi connectivity index (χ4v) is 2.71. The lowest BCUT2D eigenvalue weighted by Gasteiger charge is -2.06. The van der Waals surface area contributed by atoms with Crippen LogP contribution < -0.4 is 0 Å². The van der Waals surface area contributed by atoms with Crippen molar-refractivity contribution in [3.05, 3.63) is 11.6 Å². The molecule has 0 bridgehead atoms. The van der Waals surface area contributed by atoms with Gasteiger partial charge < -0.3 is 0 Å². The summed E-state index contributed by atoms with van der Waals surface area (Å²) in [7, 11) is 0. The van der Waals surface area contributed by atoms with Crippen molar-refractivity contribution in [2.75, 3.05) is 0 Å². The molecule has 3 atom stereocenters. The van der Waals surface area contributed by atoms with E-state index in [0.29, 0.717) is 0 Å². The molecule has 0 radical (unpaired) electrons. The molecule has 0 aromatic rings. The van der Waals surface area contributed by atoms with E-state index >= 15 is 0 Å². The minimum Gasteiger partial charge on any atom is -0.0825 e. The highest BCUT2D eigenvalue weighted by atomic mass is 14.4. The summed E-state index contributed by atoms with van der Waals surface area (Å²) < 4.78 is 0. The molecule has 0 aromatic carbocycles. The second-order valence-corrected chi connectivity index (χ2v) is 4.75. The van der Waals surface area contributed by atoms with E-state index in [0.717, 1.165) is 17.8 Å². The highest BCUT2D eigenvalue weighted by Crippen LogP contribution is 2.49. The zero-order chi connectivity index (χ0) is 8.55. The summed E-state index contributed by atoms with van der Waals surface area (Å²) in [4.78, 5) is 0. The van der Waals surface area contributed by atoms with E-state index in [1.807, 2.05) is 0 Å². The Morgan fingerprint density at radius 2 is 2.17 bits per heavy atom. The number of fused-ring (bicyclic) bond motifs is 1. The molecule has 0 nitrogen and oxygen atoms in total. The van der Waals surface area contributed by atoms with Gasteiger partial charge in [-0.05, 0) is 43.4 Å². The first kappa shape index (κ1) is 8.34. The quantitative estimate of drug-likeness (QED) is 0.545. The van der Waals surface area contributed by atoms with Crippen molar-refractivity contribution in [2.24, 2.45) is 17.8 Å². The molecule has 0 saturated heterocycles. The summed E-state index contributed by atoms with van der Waals surface area (Å²) in [5.74, 6) is 3.06. The van der Waals surface area contributed by atoms with Crippen molar-refractivity contribution in [1.82, 2.24) is 0 Å². The maximum Gasteiger partial charge on any atom is -0.0257 e. The van der Waals surface area contributed by atoms with Crippen molar-refractivity contribution < 1.29 is 0 Å². The number of hydrogen-bond donors (Lipinski definition) is 0. The molecule has 0 aromatic heterocycles. The largest absolute Gasteiger partial charge is 0.0825 e. The summed E-state index contributed by atoms with van der Waals surface area (Å²) in [6.45, 7) is 4.68. The van der Waals surface area contributed by atoms with Crippen molar-refractivity contribution in [3.8, 4) is 0 Å². The van der Waals surface area contributed by atoms with Crippen molar-refractivity contribution in [2.45, 2.75) is 46.0 Å². The maximum absolute atomic E-state index is 2.55. The van der Waals surface area contributed by atoms with Gasteiger partial charge in [0.2, 0.25) is 0 Å². The zero-order valence-electron chi connectivity index (χ0n) is 8.34. The van der Waals surface area contributed by atoms with Gasteiger partial charge in [0.1, 0.15) is 0 Å². The molecule has 1 fully saturated rings. The first-order valence-electron chi connectivity index (χ1n) is 5.49. The van der Waals surface area contributed by atoms with E-state index in [1.54, 1.807) is 5.57 Å². The van der Waals surface area contributed by atoms with Gasteiger partial charge in [-0.1, -0.05) is 31.9 Å². The Morgan fingerprint density at radius 3 is 2.92 bits per heavy atom. The Balaban J connectivity index is 1.99. The molecule has 0 aliphatic heterocycles. The molecule has 1 saturated carbocycles. The third kappa shape index (κ3) is 1.73. The van der Waals surface area contributed by atoms with Crippen LogP contribution in [0.1, 0.15) is 46.0 Å². The Bertz CT molecular complexity index is 190. The van der Waals surface area contributed by atoms with E-state index in [-0.39, 0.29) is 0 Å². The molecule has 0 heteroatoms. The van der Waals surface area contributed by atoms with Gasteiger partial charge in [-0.2, -0.15) is 0 Å². The monoisotopic (exact) mass is 164 g/mol. The lowest BCUT2D eigenvalue weighted by atomic mass is 10.0. The topological polar surface area (TPSA) is 0 Å². The van der Waals surface area contributed by atoms with Crippen LogP contribution in [0.3, 0.4) is 0 Å². The standard InChI is InChI=1S/C12H20/c1-3-4-10-5-9(2)6-11-8-12(11)7-10/h5,9,11-12H,3-4,6-8H2,1-2H3. The van der Waals surface area contributed by atoms with Crippen molar-refractivity contribution >= 4 is 0 Å². The van der Waals surface area contributed by atoms with Gasteiger partial charge in [0.25, 0.3) is 0 Å². The molecule has 0 N–H and O–H groups in total. The summed E-state index contributed by atoms with van der Waals surface area (Å²) in [5.41, 5.74) is 1.76. The Morgan fingerprint density at radius 1 is 1.33 bits per heavy atom. The van der Waals surface area contributed by atoms with Gasteiger partial charge >= 0.3 is 0 Å². The fraction of sp³-hybridized carbons (Fsp3) is 0.833. The molecule has 68 valence electrons. The number of rotatable bonds is 2. The Labute approximate surface area is 76.1 Å². The normalized spacial score (nSPS) is 39.8. The van der Waals surface area contributed by atoms with Gasteiger partial charge in [0, 0.05) is 0 Å².